The fraction of sp³-hybridized carbons (Fsp3) is 0.125. The molecule has 3 aromatic rings. The van der Waals surface area contributed by atoms with Gasteiger partial charge in [0.05, 0.1) is 0 Å². The SMILES string of the molecule is CC(=O)Oc1ccc2sc3ccc(OC(C)=O)cc3c2c1. The van der Waals surface area contributed by atoms with Crippen molar-refractivity contribution in [2.45, 2.75) is 13.8 Å². The van der Waals surface area contributed by atoms with E-state index in [2.05, 4.69) is 0 Å². The molecule has 0 unspecified atom stereocenters. The first-order chi connectivity index (χ1) is 10.0. The van der Waals surface area contributed by atoms with E-state index in [1.165, 1.54) is 13.8 Å². The van der Waals surface area contributed by atoms with Gasteiger partial charge in [-0.15, -0.1) is 11.3 Å². The monoisotopic (exact) mass is 300 g/mol. The number of rotatable bonds is 2. The molecule has 2 aromatic carbocycles. The maximum Gasteiger partial charge on any atom is 0.308 e. The van der Waals surface area contributed by atoms with E-state index >= 15 is 0 Å². The molecule has 0 saturated carbocycles. The number of hydrogen-bond acceptors (Lipinski definition) is 5. The first-order valence-corrected chi connectivity index (χ1v) is 7.18. The summed E-state index contributed by atoms with van der Waals surface area (Å²) in [7, 11) is 0. The zero-order valence-corrected chi connectivity index (χ0v) is 12.3. The van der Waals surface area contributed by atoms with E-state index in [1.807, 2.05) is 24.3 Å². The third-order valence-electron chi connectivity index (χ3n) is 2.94. The molecule has 5 heteroatoms. The molecule has 0 N–H and O–H groups in total. The highest BCUT2D eigenvalue weighted by Gasteiger charge is 2.09. The van der Waals surface area contributed by atoms with Crippen LogP contribution in [0.25, 0.3) is 20.2 Å². The van der Waals surface area contributed by atoms with E-state index in [0.717, 1.165) is 20.2 Å². The third-order valence-corrected chi connectivity index (χ3v) is 4.09. The second kappa shape index (κ2) is 5.18. The Morgan fingerprint density at radius 1 is 0.810 bits per heavy atom. The number of carbonyl (C=O) groups is 2. The average molecular weight is 300 g/mol. The average Bonchev–Trinajstić information content (AvgIpc) is 2.75. The van der Waals surface area contributed by atoms with Gasteiger partial charge in [-0.2, -0.15) is 0 Å². The Morgan fingerprint density at radius 2 is 1.24 bits per heavy atom. The van der Waals surface area contributed by atoms with Crippen LogP contribution in [-0.2, 0) is 9.59 Å². The lowest BCUT2D eigenvalue weighted by Gasteiger charge is -2.02. The summed E-state index contributed by atoms with van der Waals surface area (Å²) in [5, 5.41) is 1.95. The molecular weight excluding hydrogens is 288 g/mol. The van der Waals surface area contributed by atoms with Crippen molar-refractivity contribution >= 4 is 43.4 Å². The molecule has 3 rings (SSSR count). The minimum absolute atomic E-state index is 0.352. The Hall–Kier alpha value is -2.40. The van der Waals surface area contributed by atoms with E-state index < -0.39 is 0 Å². The highest BCUT2D eigenvalue weighted by atomic mass is 32.1. The Kier molecular flexibility index (Phi) is 3.35. The summed E-state index contributed by atoms with van der Waals surface area (Å²) in [6.45, 7) is 2.74. The molecule has 0 aliphatic rings. The molecule has 0 bridgehead atoms. The van der Waals surface area contributed by atoms with Crippen LogP contribution in [0.15, 0.2) is 36.4 Å². The molecule has 1 heterocycles. The molecule has 0 spiro atoms. The van der Waals surface area contributed by atoms with E-state index in [4.69, 9.17) is 9.47 Å². The number of fused-ring (bicyclic) bond motifs is 3. The first-order valence-electron chi connectivity index (χ1n) is 6.36. The van der Waals surface area contributed by atoms with E-state index in [9.17, 15) is 9.59 Å². The Labute approximate surface area is 124 Å². The fourth-order valence-electron chi connectivity index (χ4n) is 2.19. The molecule has 4 nitrogen and oxygen atoms in total. The normalized spacial score (nSPS) is 10.8. The number of benzene rings is 2. The molecule has 0 radical (unpaired) electrons. The molecule has 1 aromatic heterocycles. The summed E-state index contributed by atoms with van der Waals surface area (Å²) in [6.07, 6.45) is 0. The Morgan fingerprint density at radius 3 is 1.62 bits per heavy atom. The third kappa shape index (κ3) is 2.73. The van der Waals surface area contributed by atoms with Gasteiger partial charge in [0.15, 0.2) is 0 Å². The largest absolute Gasteiger partial charge is 0.427 e. The quantitative estimate of drug-likeness (QED) is 0.532. The van der Waals surface area contributed by atoms with Gasteiger partial charge in [-0.3, -0.25) is 9.59 Å². The highest BCUT2D eigenvalue weighted by Crippen LogP contribution is 2.37. The molecule has 21 heavy (non-hydrogen) atoms. The molecule has 0 aliphatic carbocycles. The number of thiophene rings is 1. The number of carbonyl (C=O) groups excluding carboxylic acids is 2. The van der Waals surface area contributed by atoms with E-state index in [-0.39, 0.29) is 11.9 Å². The van der Waals surface area contributed by atoms with E-state index in [0.29, 0.717) is 11.5 Å². The summed E-state index contributed by atoms with van der Waals surface area (Å²) >= 11 is 1.64. The van der Waals surface area contributed by atoms with Gasteiger partial charge in [-0.25, -0.2) is 0 Å². The Bertz CT molecular complexity index is 793. The van der Waals surface area contributed by atoms with Crippen molar-refractivity contribution in [1.29, 1.82) is 0 Å². The van der Waals surface area contributed by atoms with Gasteiger partial charge in [-0.05, 0) is 36.4 Å². The fourth-order valence-corrected chi connectivity index (χ4v) is 3.26. The summed E-state index contributed by atoms with van der Waals surface area (Å²) in [6, 6.07) is 11.0. The molecule has 0 amide bonds. The van der Waals surface area contributed by atoms with Crippen LogP contribution in [0.3, 0.4) is 0 Å². The zero-order chi connectivity index (χ0) is 15.0. The van der Waals surface area contributed by atoms with Gasteiger partial charge >= 0.3 is 11.9 Å². The predicted octanol–water partition coefficient (Wildman–Crippen LogP) is 3.91. The molecule has 106 valence electrons. The lowest BCUT2D eigenvalue weighted by Crippen LogP contribution is -2.01. The summed E-state index contributed by atoms with van der Waals surface area (Å²) in [4.78, 5) is 22.1. The van der Waals surface area contributed by atoms with Crippen LogP contribution in [-0.4, -0.2) is 11.9 Å². The second-order valence-corrected chi connectivity index (χ2v) is 5.69. The summed E-state index contributed by atoms with van der Waals surface area (Å²) < 4.78 is 12.4. The van der Waals surface area contributed by atoms with Gasteiger partial charge in [0.2, 0.25) is 0 Å². The smallest absolute Gasteiger partial charge is 0.308 e. The van der Waals surface area contributed by atoms with Gasteiger partial charge in [0, 0.05) is 34.0 Å². The van der Waals surface area contributed by atoms with E-state index in [1.54, 1.807) is 23.5 Å². The topological polar surface area (TPSA) is 52.6 Å². The van der Waals surface area contributed by atoms with Crippen LogP contribution in [0, 0.1) is 0 Å². The number of hydrogen-bond donors (Lipinski definition) is 0. The summed E-state index contributed by atoms with van der Waals surface area (Å²) in [5.41, 5.74) is 0. The molecule has 0 atom stereocenters. The van der Waals surface area contributed by atoms with Crippen molar-refractivity contribution in [3.05, 3.63) is 36.4 Å². The van der Waals surface area contributed by atoms with Crippen molar-refractivity contribution in [2.24, 2.45) is 0 Å². The van der Waals surface area contributed by atoms with Crippen LogP contribution in [0.2, 0.25) is 0 Å². The molecule has 0 fully saturated rings. The highest BCUT2D eigenvalue weighted by molar-refractivity contribution is 7.25. The van der Waals surface area contributed by atoms with Gasteiger partial charge in [-0.1, -0.05) is 0 Å². The van der Waals surface area contributed by atoms with Gasteiger partial charge in [0.1, 0.15) is 11.5 Å². The van der Waals surface area contributed by atoms with Crippen molar-refractivity contribution in [2.75, 3.05) is 0 Å². The van der Waals surface area contributed by atoms with Crippen LogP contribution >= 0.6 is 11.3 Å². The zero-order valence-electron chi connectivity index (χ0n) is 11.5. The predicted molar refractivity (Wildman–Crippen MR) is 81.9 cm³/mol. The lowest BCUT2D eigenvalue weighted by atomic mass is 10.1. The maximum absolute atomic E-state index is 11.0. The van der Waals surface area contributed by atoms with Crippen molar-refractivity contribution in [3.63, 3.8) is 0 Å². The molecule has 0 aliphatic heterocycles. The summed E-state index contributed by atoms with van der Waals surface area (Å²) in [5.74, 6) is 0.309. The maximum atomic E-state index is 11.0. The van der Waals surface area contributed by atoms with Crippen LogP contribution in [0.4, 0.5) is 0 Å². The molecule has 0 saturated heterocycles. The van der Waals surface area contributed by atoms with Gasteiger partial charge < -0.3 is 9.47 Å². The van der Waals surface area contributed by atoms with Crippen molar-refractivity contribution in [1.82, 2.24) is 0 Å². The minimum Gasteiger partial charge on any atom is -0.427 e. The van der Waals surface area contributed by atoms with Gasteiger partial charge in [0.25, 0.3) is 0 Å². The number of ether oxygens (including phenoxy) is 2. The number of esters is 2. The Balaban J connectivity index is 2.16. The first kappa shape index (κ1) is 13.6. The van der Waals surface area contributed by atoms with Crippen LogP contribution < -0.4 is 9.47 Å². The minimum atomic E-state index is -0.352. The van der Waals surface area contributed by atoms with Crippen LogP contribution in [0.5, 0.6) is 11.5 Å². The lowest BCUT2D eigenvalue weighted by molar-refractivity contribution is -0.132. The van der Waals surface area contributed by atoms with Crippen molar-refractivity contribution in [3.8, 4) is 11.5 Å². The second-order valence-electron chi connectivity index (χ2n) is 4.61. The van der Waals surface area contributed by atoms with Crippen LogP contribution in [0.1, 0.15) is 13.8 Å². The standard InChI is InChI=1S/C16H12O4S/c1-9(17)19-11-3-5-15-13(7-11)14-8-12(20-10(2)18)4-6-16(14)21-15/h3-8H,1-2H3. The molecular formula is C16H12O4S. The van der Waals surface area contributed by atoms with Crippen molar-refractivity contribution < 1.29 is 19.1 Å².